The maximum Gasteiger partial charge on any atom is 0.318 e. The van der Waals surface area contributed by atoms with Crippen LogP contribution in [0.5, 0.6) is 0 Å². The van der Waals surface area contributed by atoms with E-state index in [4.69, 9.17) is 0 Å². The van der Waals surface area contributed by atoms with Crippen molar-refractivity contribution in [2.24, 2.45) is 0 Å². The Morgan fingerprint density at radius 3 is 2.67 bits per heavy atom. The summed E-state index contributed by atoms with van der Waals surface area (Å²) in [5, 5.41) is 7.58. The Labute approximate surface area is 104 Å². The quantitative estimate of drug-likeness (QED) is 0.600. The zero-order valence-corrected chi connectivity index (χ0v) is 9.95. The summed E-state index contributed by atoms with van der Waals surface area (Å²) in [5.41, 5.74) is 2.95. The van der Waals surface area contributed by atoms with E-state index < -0.39 is 0 Å². The van der Waals surface area contributed by atoms with Crippen molar-refractivity contribution in [3.05, 3.63) is 42.5 Å². The van der Waals surface area contributed by atoms with Gasteiger partial charge in [0.15, 0.2) is 0 Å². The van der Waals surface area contributed by atoms with Gasteiger partial charge in [-0.1, -0.05) is 18.2 Å². The fourth-order valence-corrected chi connectivity index (χ4v) is 2.12. The number of anilines is 1. The molecule has 0 aliphatic carbocycles. The number of fused-ring (bicyclic) bond motifs is 3. The number of nitrogens with one attached hydrogen (secondary N) is 3. The molecule has 0 bridgehead atoms. The molecule has 2 aromatic carbocycles. The van der Waals surface area contributed by atoms with E-state index in [2.05, 4.69) is 21.7 Å². The second-order valence-electron chi connectivity index (χ2n) is 4.14. The lowest BCUT2D eigenvalue weighted by Gasteiger charge is -2.04. The van der Waals surface area contributed by atoms with Crippen molar-refractivity contribution < 1.29 is 4.79 Å². The summed E-state index contributed by atoms with van der Waals surface area (Å²) in [4.78, 5) is 14.6. The highest BCUT2D eigenvalue weighted by atomic mass is 16.2. The highest BCUT2D eigenvalue weighted by molar-refractivity contribution is 6.08. The number of aromatic nitrogens is 1. The van der Waals surface area contributed by atoms with Crippen LogP contribution in [-0.2, 0) is 0 Å². The van der Waals surface area contributed by atoms with Gasteiger partial charge in [-0.3, -0.25) is 0 Å². The molecule has 0 atom stereocenters. The van der Waals surface area contributed by atoms with Gasteiger partial charge in [-0.25, -0.2) is 4.79 Å². The number of urea groups is 1. The van der Waals surface area contributed by atoms with Crippen LogP contribution < -0.4 is 10.6 Å². The molecule has 1 heterocycles. The molecule has 0 spiro atoms. The topological polar surface area (TPSA) is 56.9 Å². The molecular formula is C14H13N3O. The van der Waals surface area contributed by atoms with Gasteiger partial charge in [-0.05, 0) is 24.3 Å². The second-order valence-corrected chi connectivity index (χ2v) is 4.14. The third-order valence-corrected chi connectivity index (χ3v) is 2.99. The first-order chi connectivity index (χ1) is 8.78. The molecule has 0 unspecified atom stereocenters. The second kappa shape index (κ2) is 4.07. The normalized spacial score (nSPS) is 10.7. The summed E-state index contributed by atoms with van der Waals surface area (Å²) < 4.78 is 0. The van der Waals surface area contributed by atoms with E-state index in [1.54, 1.807) is 7.05 Å². The van der Waals surface area contributed by atoms with Gasteiger partial charge in [0, 0.05) is 34.5 Å². The van der Waals surface area contributed by atoms with Gasteiger partial charge in [-0.15, -0.1) is 0 Å². The number of hydrogen-bond donors (Lipinski definition) is 3. The molecule has 0 fully saturated rings. The lowest BCUT2D eigenvalue weighted by molar-refractivity contribution is 0.254. The first-order valence-corrected chi connectivity index (χ1v) is 5.77. The monoisotopic (exact) mass is 239 g/mol. The Balaban J connectivity index is 2.15. The van der Waals surface area contributed by atoms with E-state index in [0.29, 0.717) is 0 Å². The largest absolute Gasteiger partial charge is 0.355 e. The lowest BCUT2D eigenvalue weighted by atomic mass is 10.1. The Bertz CT molecular complexity index is 730. The van der Waals surface area contributed by atoms with Crippen molar-refractivity contribution in [2.75, 3.05) is 12.4 Å². The number of carbonyl (C=O) groups is 1. The molecule has 3 aromatic rings. The Morgan fingerprint density at radius 1 is 1.06 bits per heavy atom. The maximum atomic E-state index is 11.3. The number of H-pyrrole nitrogens is 1. The van der Waals surface area contributed by atoms with Gasteiger partial charge in [0.2, 0.25) is 0 Å². The molecule has 90 valence electrons. The number of carbonyl (C=O) groups excluding carboxylic acids is 1. The number of amides is 2. The fraction of sp³-hybridized carbons (Fsp3) is 0.0714. The lowest BCUT2D eigenvalue weighted by Crippen LogP contribution is -2.24. The summed E-state index contributed by atoms with van der Waals surface area (Å²) in [6, 6.07) is 13.7. The van der Waals surface area contributed by atoms with Crippen LogP contribution in [0.4, 0.5) is 10.5 Å². The Kier molecular flexibility index (Phi) is 2.41. The van der Waals surface area contributed by atoms with E-state index in [1.165, 1.54) is 0 Å². The molecule has 18 heavy (non-hydrogen) atoms. The summed E-state index contributed by atoms with van der Waals surface area (Å²) >= 11 is 0. The molecule has 0 saturated heterocycles. The van der Waals surface area contributed by atoms with Crippen molar-refractivity contribution in [1.29, 1.82) is 0 Å². The molecule has 4 heteroatoms. The minimum atomic E-state index is -0.214. The molecular weight excluding hydrogens is 226 g/mol. The van der Waals surface area contributed by atoms with Crippen LogP contribution in [0.1, 0.15) is 0 Å². The highest BCUT2D eigenvalue weighted by Gasteiger charge is 2.05. The van der Waals surface area contributed by atoms with E-state index in [-0.39, 0.29) is 6.03 Å². The van der Waals surface area contributed by atoms with E-state index >= 15 is 0 Å². The number of aromatic amines is 1. The van der Waals surface area contributed by atoms with Crippen molar-refractivity contribution in [1.82, 2.24) is 10.3 Å². The van der Waals surface area contributed by atoms with Crippen molar-refractivity contribution >= 4 is 33.5 Å². The van der Waals surface area contributed by atoms with Crippen LogP contribution in [0.25, 0.3) is 21.8 Å². The average Bonchev–Trinajstić information content (AvgIpc) is 2.77. The third-order valence-electron chi connectivity index (χ3n) is 2.99. The Hall–Kier alpha value is -2.49. The van der Waals surface area contributed by atoms with Crippen LogP contribution in [0.15, 0.2) is 42.5 Å². The molecule has 3 rings (SSSR count). The first-order valence-electron chi connectivity index (χ1n) is 5.77. The molecule has 4 nitrogen and oxygen atoms in total. The summed E-state index contributed by atoms with van der Waals surface area (Å²) in [5.74, 6) is 0. The first kappa shape index (κ1) is 10.7. The molecule has 0 radical (unpaired) electrons. The standard InChI is InChI=1S/C14H13N3O/c1-15-14(18)16-9-6-7-13-11(8-9)10-4-2-3-5-12(10)17-13/h2-8,17H,1H3,(H2,15,16,18). The molecule has 0 aliphatic heterocycles. The van der Waals surface area contributed by atoms with Gasteiger partial charge in [-0.2, -0.15) is 0 Å². The fourth-order valence-electron chi connectivity index (χ4n) is 2.12. The summed E-state index contributed by atoms with van der Waals surface area (Å²) in [6.45, 7) is 0. The van der Waals surface area contributed by atoms with Gasteiger partial charge in [0.1, 0.15) is 0 Å². The number of hydrogen-bond acceptors (Lipinski definition) is 1. The molecule has 0 saturated carbocycles. The molecule has 2 amide bonds. The van der Waals surface area contributed by atoms with Crippen LogP contribution in [0, 0.1) is 0 Å². The SMILES string of the molecule is CNC(=O)Nc1ccc2[nH]c3ccccc3c2c1. The van der Waals surface area contributed by atoms with E-state index in [9.17, 15) is 4.79 Å². The van der Waals surface area contributed by atoms with Crippen LogP contribution >= 0.6 is 0 Å². The zero-order chi connectivity index (χ0) is 12.5. The summed E-state index contributed by atoms with van der Waals surface area (Å²) in [6.07, 6.45) is 0. The number of rotatable bonds is 1. The van der Waals surface area contributed by atoms with E-state index in [1.807, 2.05) is 36.4 Å². The van der Waals surface area contributed by atoms with Crippen molar-refractivity contribution in [3.8, 4) is 0 Å². The van der Waals surface area contributed by atoms with Gasteiger partial charge in [0.05, 0.1) is 0 Å². The number of benzene rings is 2. The third kappa shape index (κ3) is 1.68. The molecule has 3 N–H and O–H groups in total. The van der Waals surface area contributed by atoms with E-state index in [0.717, 1.165) is 27.5 Å². The van der Waals surface area contributed by atoms with Gasteiger partial charge >= 0.3 is 6.03 Å². The Morgan fingerprint density at radius 2 is 1.83 bits per heavy atom. The predicted molar refractivity (Wildman–Crippen MR) is 73.9 cm³/mol. The van der Waals surface area contributed by atoms with Crippen molar-refractivity contribution in [3.63, 3.8) is 0 Å². The zero-order valence-electron chi connectivity index (χ0n) is 9.95. The number of para-hydroxylation sites is 1. The molecule has 0 aliphatic rings. The maximum absolute atomic E-state index is 11.3. The smallest absolute Gasteiger partial charge is 0.318 e. The predicted octanol–water partition coefficient (Wildman–Crippen LogP) is 3.07. The minimum Gasteiger partial charge on any atom is -0.355 e. The van der Waals surface area contributed by atoms with Crippen LogP contribution in [0.3, 0.4) is 0 Å². The van der Waals surface area contributed by atoms with Crippen LogP contribution in [-0.4, -0.2) is 18.1 Å². The van der Waals surface area contributed by atoms with Gasteiger partial charge < -0.3 is 15.6 Å². The van der Waals surface area contributed by atoms with Gasteiger partial charge in [0.25, 0.3) is 0 Å². The van der Waals surface area contributed by atoms with Crippen molar-refractivity contribution in [2.45, 2.75) is 0 Å². The summed E-state index contributed by atoms with van der Waals surface area (Å²) in [7, 11) is 1.60. The average molecular weight is 239 g/mol. The molecule has 1 aromatic heterocycles. The van der Waals surface area contributed by atoms with Crippen LogP contribution in [0.2, 0.25) is 0 Å². The highest BCUT2D eigenvalue weighted by Crippen LogP contribution is 2.27. The minimum absolute atomic E-state index is 0.214.